The van der Waals surface area contributed by atoms with Crippen molar-refractivity contribution in [1.29, 1.82) is 0 Å². The highest BCUT2D eigenvalue weighted by atomic mass is 32.2. The number of ether oxygens (including phenoxy) is 1. The van der Waals surface area contributed by atoms with Gasteiger partial charge < -0.3 is 4.74 Å². The van der Waals surface area contributed by atoms with Crippen LogP contribution < -0.4 is 4.74 Å². The van der Waals surface area contributed by atoms with E-state index in [-0.39, 0.29) is 17.1 Å². The van der Waals surface area contributed by atoms with Crippen molar-refractivity contribution in [3.8, 4) is 5.75 Å². The normalized spacial score (nSPS) is 21.1. The number of nitrogens with zero attached hydrogens (tertiary/aromatic N) is 1. The smallest absolute Gasteiger partial charge is 0.181 e. The maximum atomic E-state index is 13.1. The minimum Gasteiger partial charge on any atom is -0.497 e. The van der Waals surface area contributed by atoms with E-state index in [1.807, 2.05) is 0 Å². The summed E-state index contributed by atoms with van der Waals surface area (Å²) < 4.78 is 44.3. The Labute approximate surface area is 160 Å². The molecule has 6 heteroatoms. The highest BCUT2D eigenvalue weighted by Gasteiger charge is 2.35. The molecule has 1 aliphatic heterocycles. The van der Waals surface area contributed by atoms with Crippen LogP contribution >= 0.6 is 0 Å². The average molecular weight is 392 g/mol. The highest BCUT2D eigenvalue weighted by molar-refractivity contribution is 7.92. The van der Waals surface area contributed by atoms with Crippen LogP contribution in [0, 0.1) is 5.82 Å². The number of benzene rings is 2. The Balaban J connectivity index is 1.71. The second-order valence-corrected chi connectivity index (χ2v) is 9.25. The quantitative estimate of drug-likeness (QED) is 0.745. The first-order valence-corrected chi connectivity index (χ1v) is 10.8. The standard InChI is InChI=1S/C21H26FNO3S/c1-3-18-14-21(27(24,25)20-10-8-19(26-2)9-11-20)12-13-23(18)15-16-4-6-17(22)7-5-16/h4-11,18,21H,3,12-15H2,1-2H3. The van der Waals surface area contributed by atoms with E-state index in [0.29, 0.717) is 30.0 Å². The van der Waals surface area contributed by atoms with Crippen molar-refractivity contribution in [2.24, 2.45) is 0 Å². The highest BCUT2D eigenvalue weighted by Crippen LogP contribution is 2.30. The molecule has 27 heavy (non-hydrogen) atoms. The summed E-state index contributed by atoms with van der Waals surface area (Å²) in [5.74, 6) is 0.407. The summed E-state index contributed by atoms with van der Waals surface area (Å²) in [6.07, 6.45) is 2.11. The second kappa shape index (κ2) is 8.40. The molecule has 1 fully saturated rings. The molecule has 4 nitrogen and oxygen atoms in total. The fourth-order valence-electron chi connectivity index (χ4n) is 3.76. The Morgan fingerprint density at radius 1 is 1.11 bits per heavy atom. The van der Waals surface area contributed by atoms with E-state index < -0.39 is 9.84 Å². The van der Waals surface area contributed by atoms with Gasteiger partial charge in [0.25, 0.3) is 0 Å². The molecule has 0 amide bonds. The van der Waals surface area contributed by atoms with Crippen LogP contribution in [-0.4, -0.2) is 38.3 Å². The van der Waals surface area contributed by atoms with Gasteiger partial charge in [0, 0.05) is 19.1 Å². The summed E-state index contributed by atoms with van der Waals surface area (Å²) in [5.41, 5.74) is 1.05. The number of hydrogen-bond acceptors (Lipinski definition) is 4. The van der Waals surface area contributed by atoms with Gasteiger partial charge in [0.15, 0.2) is 9.84 Å². The molecular formula is C21H26FNO3S. The van der Waals surface area contributed by atoms with Gasteiger partial charge in [0.1, 0.15) is 11.6 Å². The van der Waals surface area contributed by atoms with E-state index in [1.165, 1.54) is 12.1 Å². The SMILES string of the molecule is CCC1CC(S(=O)(=O)c2ccc(OC)cc2)CCN1Cc1ccc(F)cc1. The van der Waals surface area contributed by atoms with E-state index in [1.54, 1.807) is 43.5 Å². The molecule has 0 aromatic heterocycles. The Morgan fingerprint density at radius 3 is 2.37 bits per heavy atom. The van der Waals surface area contributed by atoms with E-state index in [0.717, 1.165) is 18.5 Å². The van der Waals surface area contributed by atoms with Crippen LogP contribution in [0.5, 0.6) is 5.75 Å². The maximum absolute atomic E-state index is 13.1. The maximum Gasteiger partial charge on any atom is 0.181 e. The molecule has 1 saturated heterocycles. The van der Waals surface area contributed by atoms with Crippen molar-refractivity contribution >= 4 is 9.84 Å². The van der Waals surface area contributed by atoms with Gasteiger partial charge in [-0.05, 0) is 61.2 Å². The van der Waals surface area contributed by atoms with Gasteiger partial charge >= 0.3 is 0 Å². The zero-order chi connectivity index (χ0) is 19.4. The van der Waals surface area contributed by atoms with Gasteiger partial charge in [-0.2, -0.15) is 0 Å². The number of methoxy groups -OCH3 is 1. The fourth-order valence-corrected chi connectivity index (χ4v) is 5.55. The number of likely N-dealkylation sites (tertiary alicyclic amines) is 1. The zero-order valence-corrected chi connectivity index (χ0v) is 16.6. The summed E-state index contributed by atoms with van der Waals surface area (Å²) in [5, 5.41) is -0.375. The topological polar surface area (TPSA) is 46.6 Å². The first-order chi connectivity index (χ1) is 12.9. The van der Waals surface area contributed by atoms with Gasteiger partial charge in [-0.3, -0.25) is 4.90 Å². The van der Waals surface area contributed by atoms with Crippen LogP contribution in [0.25, 0.3) is 0 Å². The minimum atomic E-state index is -3.36. The Bertz CT molecular complexity index is 850. The lowest BCUT2D eigenvalue weighted by atomic mass is 9.98. The van der Waals surface area contributed by atoms with Crippen molar-refractivity contribution in [3.63, 3.8) is 0 Å². The molecule has 0 bridgehead atoms. The number of rotatable bonds is 6. The molecule has 0 aliphatic carbocycles. The lowest BCUT2D eigenvalue weighted by molar-refractivity contribution is 0.137. The minimum absolute atomic E-state index is 0.196. The van der Waals surface area contributed by atoms with Gasteiger partial charge in [-0.15, -0.1) is 0 Å². The lowest BCUT2D eigenvalue weighted by Gasteiger charge is -2.39. The summed E-state index contributed by atoms with van der Waals surface area (Å²) in [6.45, 7) is 3.52. The zero-order valence-electron chi connectivity index (χ0n) is 15.8. The van der Waals surface area contributed by atoms with Crippen molar-refractivity contribution in [2.75, 3.05) is 13.7 Å². The second-order valence-electron chi connectivity index (χ2n) is 7.03. The molecule has 146 valence electrons. The molecular weight excluding hydrogens is 365 g/mol. The number of hydrogen-bond donors (Lipinski definition) is 0. The monoisotopic (exact) mass is 391 g/mol. The van der Waals surface area contributed by atoms with Crippen LogP contribution in [0.4, 0.5) is 4.39 Å². The molecule has 0 spiro atoms. The summed E-state index contributed by atoms with van der Waals surface area (Å²) >= 11 is 0. The van der Waals surface area contributed by atoms with Gasteiger partial charge in [-0.25, -0.2) is 12.8 Å². The predicted octanol–water partition coefficient (Wildman–Crippen LogP) is 4.05. The molecule has 0 N–H and O–H groups in total. The van der Waals surface area contributed by atoms with E-state index in [2.05, 4.69) is 11.8 Å². The third-order valence-electron chi connectivity index (χ3n) is 5.39. The van der Waals surface area contributed by atoms with Crippen LogP contribution in [0.2, 0.25) is 0 Å². The van der Waals surface area contributed by atoms with Crippen LogP contribution in [0.1, 0.15) is 31.7 Å². The van der Waals surface area contributed by atoms with Gasteiger partial charge in [0.2, 0.25) is 0 Å². The Hall–Kier alpha value is -1.92. The Kier molecular flexibility index (Phi) is 6.17. The van der Waals surface area contributed by atoms with E-state index in [9.17, 15) is 12.8 Å². The lowest BCUT2D eigenvalue weighted by Crippen LogP contribution is -2.45. The third-order valence-corrected chi connectivity index (χ3v) is 7.62. The van der Waals surface area contributed by atoms with Crippen molar-refractivity contribution in [2.45, 2.75) is 48.9 Å². The van der Waals surface area contributed by atoms with Crippen molar-refractivity contribution < 1.29 is 17.5 Å². The number of sulfone groups is 1. The van der Waals surface area contributed by atoms with E-state index in [4.69, 9.17) is 4.74 Å². The summed E-state index contributed by atoms with van der Waals surface area (Å²) in [4.78, 5) is 2.67. The molecule has 0 radical (unpaired) electrons. The molecule has 3 rings (SSSR count). The average Bonchev–Trinajstić information content (AvgIpc) is 2.70. The van der Waals surface area contributed by atoms with Crippen molar-refractivity contribution in [1.82, 2.24) is 4.90 Å². The van der Waals surface area contributed by atoms with Crippen LogP contribution in [0.15, 0.2) is 53.4 Å². The molecule has 1 heterocycles. The molecule has 1 aliphatic rings. The fraction of sp³-hybridized carbons (Fsp3) is 0.429. The predicted molar refractivity (Wildman–Crippen MR) is 104 cm³/mol. The number of halogens is 1. The molecule has 2 aromatic rings. The first kappa shape index (κ1) is 19.8. The number of piperidine rings is 1. The third kappa shape index (κ3) is 4.50. The van der Waals surface area contributed by atoms with Crippen LogP contribution in [0.3, 0.4) is 0 Å². The van der Waals surface area contributed by atoms with Crippen molar-refractivity contribution in [3.05, 3.63) is 59.9 Å². The van der Waals surface area contributed by atoms with Gasteiger partial charge in [-0.1, -0.05) is 19.1 Å². The molecule has 2 atom stereocenters. The Morgan fingerprint density at radius 2 is 1.78 bits per heavy atom. The molecule has 2 aromatic carbocycles. The molecule has 0 saturated carbocycles. The first-order valence-electron chi connectivity index (χ1n) is 9.30. The molecule has 2 unspecified atom stereocenters. The van der Waals surface area contributed by atoms with Crippen LogP contribution in [-0.2, 0) is 16.4 Å². The van der Waals surface area contributed by atoms with Gasteiger partial charge in [0.05, 0.1) is 17.3 Å². The largest absolute Gasteiger partial charge is 0.497 e. The summed E-state index contributed by atoms with van der Waals surface area (Å²) in [7, 11) is -1.80. The summed E-state index contributed by atoms with van der Waals surface area (Å²) in [6, 6.07) is 13.3. The van der Waals surface area contributed by atoms with E-state index >= 15 is 0 Å².